The zero-order valence-electron chi connectivity index (χ0n) is 9.87. The number of aromatic amines is 1. The van der Waals surface area contributed by atoms with Gasteiger partial charge in [0.05, 0.1) is 6.61 Å². The van der Waals surface area contributed by atoms with Crippen molar-refractivity contribution >= 4 is 27.7 Å². The average molecular weight is 309 g/mol. The van der Waals surface area contributed by atoms with E-state index in [-0.39, 0.29) is 0 Å². The van der Waals surface area contributed by atoms with Crippen LogP contribution in [-0.4, -0.2) is 17.6 Å². The molecule has 94 valence electrons. The van der Waals surface area contributed by atoms with Gasteiger partial charge in [0.2, 0.25) is 0 Å². The fourth-order valence-electron chi connectivity index (χ4n) is 1.75. The number of H-pyrrole nitrogens is 1. The molecule has 0 atom stereocenters. The quantitative estimate of drug-likeness (QED) is 0.856. The maximum absolute atomic E-state index is 11.9. The van der Waals surface area contributed by atoms with E-state index in [2.05, 4.69) is 20.9 Å². The van der Waals surface area contributed by atoms with Crippen LogP contribution in [0.3, 0.4) is 0 Å². The molecule has 0 fully saturated rings. The lowest BCUT2D eigenvalue weighted by Crippen LogP contribution is -2.07. The van der Waals surface area contributed by atoms with Crippen molar-refractivity contribution < 1.29 is 9.53 Å². The van der Waals surface area contributed by atoms with E-state index in [4.69, 9.17) is 10.5 Å². The summed E-state index contributed by atoms with van der Waals surface area (Å²) >= 11 is 3.40. The molecule has 2 aromatic rings. The summed E-state index contributed by atoms with van der Waals surface area (Å²) in [7, 11) is 0. The molecule has 0 unspecified atom stereocenters. The van der Waals surface area contributed by atoms with E-state index >= 15 is 0 Å². The summed E-state index contributed by atoms with van der Waals surface area (Å²) in [5, 5.41) is 0. The van der Waals surface area contributed by atoms with Gasteiger partial charge in [-0.15, -0.1) is 0 Å². The van der Waals surface area contributed by atoms with Gasteiger partial charge < -0.3 is 15.5 Å². The lowest BCUT2D eigenvalue weighted by molar-refractivity contribution is 0.0529. The number of carbonyl (C=O) groups is 1. The van der Waals surface area contributed by atoms with Crippen LogP contribution >= 0.6 is 15.9 Å². The molecule has 4 nitrogen and oxygen atoms in total. The number of hydrogen-bond acceptors (Lipinski definition) is 3. The highest BCUT2D eigenvalue weighted by Crippen LogP contribution is 2.30. The molecule has 0 radical (unpaired) electrons. The van der Waals surface area contributed by atoms with E-state index in [1.165, 1.54) is 0 Å². The first kappa shape index (κ1) is 12.7. The Morgan fingerprint density at radius 1 is 1.50 bits per heavy atom. The lowest BCUT2D eigenvalue weighted by Gasteiger charge is -2.05. The molecule has 18 heavy (non-hydrogen) atoms. The SMILES string of the molecule is CCOC(=O)c1c(-c2cccc(Br)c2)c[nH]c1N. The van der Waals surface area contributed by atoms with Gasteiger partial charge in [-0.1, -0.05) is 28.1 Å². The molecule has 0 spiro atoms. The van der Waals surface area contributed by atoms with Crippen LogP contribution < -0.4 is 5.73 Å². The molecule has 0 saturated heterocycles. The highest BCUT2D eigenvalue weighted by atomic mass is 79.9. The number of nitrogens with one attached hydrogen (secondary N) is 1. The van der Waals surface area contributed by atoms with E-state index in [9.17, 15) is 4.79 Å². The number of anilines is 1. The molecule has 1 aromatic carbocycles. The third-order valence-corrected chi connectivity index (χ3v) is 3.02. The number of nitrogens with two attached hydrogens (primary N) is 1. The molecule has 0 amide bonds. The molecular weight excluding hydrogens is 296 g/mol. The molecule has 5 heteroatoms. The number of nitrogen functional groups attached to an aromatic ring is 1. The molecule has 0 aliphatic rings. The molecule has 3 N–H and O–H groups in total. The van der Waals surface area contributed by atoms with Gasteiger partial charge in [-0.25, -0.2) is 4.79 Å². The number of hydrogen-bond donors (Lipinski definition) is 2. The van der Waals surface area contributed by atoms with E-state index in [1.54, 1.807) is 13.1 Å². The summed E-state index contributed by atoms with van der Waals surface area (Å²) < 4.78 is 5.95. The molecular formula is C13H13BrN2O2. The first-order valence-electron chi connectivity index (χ1n) is 5.53. The second-order valence-electron chi connectivity index (χ2n) is 3.72. The van der Waals surface area contributed by atoms with Crippen LogP contribution in [0.5, 0.6) is 0 Å². The minimum Gasteiger partial charge on any atom is -0.462 e. The van der Waals surface area contributed by atoms with Crippen molar-refractivity contribution in [1.29, 1.82) is 0 Å². The van der Waals surface area contributed by atoms with E-state index in [0.717, 1.165) is 15.6 Å². The zero-order valence-corrected chi connectivity index (χ0v) is 11.5. The van der Waals surface area contributed by atoms with Crippen LogP contribution in [0.15, 0.2) is 34.9 Å². The van der Waals surface area contributed by atoms with Crippen LogP contribution in [0.1, 0.15) is 17.3 Å². The predicted molar refractivity (Wildman–Crippen MR) is 74.3 cm³/mol. The molecule has 0 aliphatic carbocycles. The third-order valence-electron chi connectivity index (χ3n) is 2.53. The summed E-state index contributed by atoms with van der Waals surface area (Å²) in [6.45, 7) is 2.08. The van der Waals surface area contributed by atoms with E-state index < -0.39 is 5.97 Å². The number of carbonyl (C=O) groups excluding carboxylic acids is 1. The monoisotopic (exact) mass is 308 g/mol. The topological polar surface area (TPSA) is 68.1 Å². The van der Waals surface area contributed by atoms with Gasteiger partial charge in [0.1, 0.15) is 11.4 Å². The van der Waals surface area contributed by atoms with Crippen LogP contribution in [0, 0.1) is 0 Å². The first-order chi connectivity index (χ1) is 8.63. The van der Waals surface area contributed by atoms with Crippen LogP contribution in [0.2, 0.25) is 0 Å². The van der Waals surface area contributed by atoms with Gasteiger partial charge in [0.25, 0.3) is 0 Å². The molecule has 1 aromatic heterocycles. The highest BCUT2D eigenvalue weighted by molar-refractivity contribution is 9.10. The summed E-state index contributed by atoms with van der Waals surface area (Å²) in [5.74, 6) is -0.0883. The second kappa shape index (κ2) is 5.27. The largest absolute Gasteiger partial charge is 0.462 e. The average Bonchev–Trinajstić information content (AvgIpc) is 2.71. The van der Waals surface area contributed by atoms with Crippen molar-refractivity contribution in [2.75, 3.05) is 12.3 Å². The van der Waals surface area contributed by atoms with Crippen LogP contribution in [-0.2, 0) is 4.74 Å². The van der Waals surface area contributed by atoms with Crippen LogP contribution in [0.4, 0.5) is 5.82 Å². The van der Waals surface area contributed by atoms with Crippen molar-refractivity contribution in [1.82, 2.24) is 4.98 Å². The van der Waals surface area contributed by atoms with Gasteiger partial charge in [-0.3, -0.25) is 0 Å². The minimum absolute atomic E-state index is 0.321. The van der Waals surface area contributed by atoms with Gasteiger partial charge >= 0.3 is 5.97 Å². The zero-order chi connectivity index (χ0) is 13.1. The number of esters is 1. The lowest BCUT2D eigenvalue weighted by atomic mass is 10.0. The van der Waals surface area contributed by atoms with Crippen molar-refractivity contribution in [3.63, 3.8) is 0 Å². The fraction of sp³-hybridized carbons (Fsp3) is 0.154. The number of aromatic nitrogens is 1. The number of halogens is 1. The second-order valence-corrected chi connectivity index (χ2v) is 4.64. The molecule has 0 bridgehead atoms. The predicted octanol–water partition coefficient (Wildman–Crippen LogP) is 3.20. The Morgan fingerprint density at radius 2 is 2.28 bits per heavy atom. The van der Waals surface area contributed by atoms with E-state index in [0.29, 0.717) is 18.0 Å². The molecule has 0 saturated carbocycles. The van der Waals surface area contributed by atoms with Crippen molar-refractivity contribution in [2.24, 2.45) is 0 Å². The standard InChI is InChI=1S/C13H13BrN2O2/c1-2-18-13(17)11-10(7-16-12(11)15)8-4-3-5-9(14)6-8/h3-7,16H,2,15H2,1H3. The van der Waals surface area contributed by atoms with Crippen molar-refractivity contribution in [2.45, 2.75) is 6.92 Å². The van der Waals surface area contributed by atoms with Gasteiger partial charge in [-0.05, 0) is 24.6 Å². The minimum atomic E-state index is -0.411. The Hall–Kier alpha value is -1.75. The van der Waals surface area contributed by atoms with E-state index in [1.807, 2.05) is 24.3 Å². The van der Waals surface area contributed by atoms with Crippen molar-refractivity contribution in [3.05, 3.63) is 40.5 Å². The molecule has 0 aliphatic heterocycles. The maximum Gasteiger partial charge on any atom is 0.342 e. The number of benzene rings is 1. The first-order valence-corrected chi connectivity index (χ1v) is 6.32. The normalized spacial score (nSPS) is 10.3. The number of rotatable bonds is 3. The Balaban J connectivity index is 2.49. The highest BCUT2D eigenvalue weighted by Gasteiger charge is 2.19. The number of ether oxygens (including phenoxy) is 1. The fourth-order valence-corrected chi connectivity index (χ4v) is 2.15. The summed E-state index contributed by atoms with van der Waals surface area (Å²) in [6, 6.07) is 7.66. The Bertz CT molecular complexity index is 578. The maximum atomic E-state index is 11.9. The Kier molecular flexibility index (Phi) is 3.72. The van der Waals surface area contributed by atoms with Crippen LogP contribution in [0.25, 0.3) is 11.1 Å². The Labute approximate surface area is 113 Å². The third kappa shape index (κ3) is 2.41. The Morgan fingerprint density at radius 3 is 2.94 bits per heavy atom. The van der Waals surface area contributed by atoms with Gasteiger partial charge in [-0.2, -0.15) is 0 Å². The van der Waals surface area contributed by atoms with Crippen molar-refractivity contribution in [3.8, 4) is 11.1 Å². The summed E-state index contributed by atoms with van der Waals surface area (Å²) in [5.41, 5.74) is 7.81. The molecule has 1 heterocycles. The smallest absolute Gasteiger partial charge is 0.342 e. The molecule has 2 rings (SSSR count). The van der Waals surface area contributed by atoms with Gasteiger partial charge in [0.15, 0.2) is 0 Å². The van der Waals surface area contributed by atoms with Gasteiger partial charge in [0, 0.05) is 16.2 Å². The summed E-state index contributed by atoms with van der Waals surface area (Å²) in [4.78, 5) is 14.7. The summed E-state index contributed by atoms with van der Waals surface area (Å²) in [6.07, 6.45) is 1.71.